The Hall–Kier alpha value is -1.36. The van der Waals surface area contributed by atoms with Crippen molar-refractivity contribution in [1.29, 1.82) is 0 Å². The van der Waals surface area contributed by atoms with Crippen LogP contribution in [0.1, 0.15) is 31.4 Å². The van der Waals surface area contributed by atoms with Crippen molar-refractivity contribution < 1.29 is 9.90 Å². The second-order valence-corrected chi connectivity index (χ2v) is 4.56. The number of rotatable bonds is 3. The lowest BCUT2D eigenvalue weighted by Gasteiger charge is -2.12. The van der Waals surface area contributed by atoms with Gasteiger partial charge in [-0.1, -0.05) is 0 Å². The van der Waals surface area contributed by atoms with Crippen LogP contribution in [0.2, 0.25) is 0 Å². The molecule has 0 radical (unpaired) electrons. The third-order valence-corrected chi connectivity index (χ3v) is 3.11. The van der Waals surface area contributed by atoms with Crippen LogP contribution in [0.25, 0.3) is 0 Å². The van der Waals surface area contributed by atoms with Gasteiger partial charge < -0.3 is 10.4 Å². The monoisotopic (exact) mass is 223 g/mol. The number of carbonyl (C=O) groups is 1. The van der Waals surface area contributed by atoms with Gasteiger partial charge in [-0.05, 0) is 19.4 Å². The molecule has 1 fully saturated rings. The van der Waals surface area contributed by atoms with Crippen molar-refractivity contribution in [3.63, 3.8) is 0 Å². The molecule has 0 bridgehead atoms. The van der Waals surface area contributed by atoms with Crippen LogP contribution in [-0.2, 0) is 4.79 Å². The van der Waals surface area contributed by atoms with Gasteiger partial charge in [-0.2, -0.15) is 5.10 Å². The van der Waals surface area contributed by atoms with Gasteiger partial charge in [-0.15, -0.1) is 0 Å². The Bertz CT molecular complexity index is 386. The Morgan fingerprint density at radius 2 is 2.38 bits per heavy atom. The fourth-order valence-electron chi connectivity index (χ4n) is 2.12. The van der Waals surface area contributed by atoms with Crippen molar-refractivity contribution in [2.24, 2.45) is 5.92 Å². The fourth-order valence-corrected chi connectivity index (χ4v) is 2.12. The average molecular weight is 223 g/mol. The normalized spacial score (nSPS) is 25.2. The quantitative estimate of drug-likeness (QED) is 0.797. The topological polar surface area (TPSA) is 67.2 Å². The minimum absolute atomic E-state index is 0.0463. The minimum Gasteiger partial charge on any atom is -0.481 e. The highest BCUT2D eigenvalue weighted by atomic mass is 16.4. The predicted molar refractivity (Wildman–Crippen MR) is 59.3 cm³/mol. The number of hydrogen-bond donors (Lipinski definition) is 2. The van der Waals surface area contributed by atoms with Gasteiger partial charge in [0, 0.05) is 31.2 Å². The second-order valence-electron chi connectivity index (χ2n) is 4.56. The summed E-state index contributed by atoms with van der Waals surface area (Å²) in [6.45, 7) is 5.38. The first-order valence-corrected chi connectivity index (χ1v) is 5.57. The lowest BCUT2D eigenvalue weighted by molar-refractivity contribution is -0.141. The van der Waals surface area contributed by atoms with Crippen molar-refractivity contribution in [2.45, 2.75) is 25.8 Å². The molecule has 5 nitrogen and oxygen atoms in total. The molecule has 2 rings (SSSR count). The van der Waals surface area contributed by atoms with Crippen LogP contribution in [0.4, 0.5) is 0 Å². The second kappa shape index (κ2) is 4.25. The van der Waals surface area contributed by atoms with Crippen molar-refractivity contribution in [3.8, 4) is 0 Å². The first-order valence-electron chi connectivity index (χ1n) is 5.57. The lowest BCUT2D eigenvalue weighted by Crippen LogP contribution is -2.20. The first-order chi connectivity index (χ1) is 7.59. The average Bonchev–Trinajstić information content (AvgIpc) is 2.86. The van der Waals surface area contributed by atoms with Gasteiger partial charge in [0.2, 0.25) is 0 Å². The van der Waals surface area contributed by atoms with E-state index >= 15 is 0 Å². The first kappa shape index (κ1) is 11.1. The molecule has 2 unspecified atom stereocenters. The molecule has 0 amide bonds. The van der Waals surface area contributed by atoms with E-state index in [1.54, 1.807) is 6.20 Å². The van der Waals surface area contributed by atoms with E-state index in [4.69, 9.17) is 5.11 Å². The number of carboxylic acids is 1. The molecule has 1 aromatic heterocycles. The van der Waals surface area contributed by atoms with Gasteiger partial charge in [0.25, 0.3) is 0 Å². The predicted octanol–water partition coefficient (Wildman–Crippen LogP) is 0.852. The van der Waals surface area contributed by atoms with Crippen LogP contribution < -0.4 is 5.32 Å². The summed E-state index contributed by atoms with van der Waals surface area (Å²) in [6, 6.07) is 0.311. The van der Waals surface area contributed by atoms with Crippen LogP contribution >= 0.6 is 0 Å². The summed E-state index contributed by atoms with van der Waals surface area (Å²) in [5.74, 6) is -1.01. The van der Waals surface area contributed by atoms with Gasteiger partial charge >= 0.3 is 5.97 Å². The van der Waals surface area contributed by atoms with Gasteiger partial charge in [0.1, 0.15) is 0 Å². The van der Waals surface area contributed by atoms with Crippen LogP contribution in [0.5, 0.6) is 0 Å². The zero-order chi connectivity index (χ0) is 11.7. The largest absolute Gasteiger partial charge is 0.481 e. The molecule has 1 aliphatic heterocycles. The molecule has 0 spiro atoms. The highest BCUT2D eigenvalue weighted by molar-refractivity contribution is 5.72. The third-order valence-electron chi connectivity index (χ3n) is 3.11. The van der Waals surface area contributed by atoms with E-state index < -0.39 is 5.97 Å². The molecule has 0 aliphatic carbocycles. The number of carboxylic acid groups (broad SMARTS) is 1. The van der Waals surface area contributed by atoms with Crippen LogP contribution in [0.3, 0.4) is 0 Å². The summed E-state index contributed by atoms with van der Waals surface area (Å²) in [6.07, 6.45) is 3.74. The molecular weight excluding hydrogens is 206 g/mol. The van der Waals surface area contributed by atoms with E-state index in [1.807, 2.05) is 10.9 Å². The number of nitrogens with zero attached hydrogens (tertiary/aromatic N) is 2. The van der Waals surface area contributed by atoms with Gasteiger partial charge in [0.15, 0.2) is 0 Å². The van der Waals surface area contributed by atoms with Gasteiger partial charge in [0.05, 0.1) is 12.1 Å². The Balaban J connectivity index is 2.19. The fraction of sp³-hybridized carbons (Fsp3) is 0.636. The highest BCUT2D eigenvalue weighted by Gasteiger charge is 2.34. The zero-order valence-electron chi connectivity index (χ0n) is 9.55. The zero-order valence-corrected chi connectivity index (χ0v) is 9.55. The highest BCUT2D eigenvalue weighted by Crippen LogP contribution is 2.28. The molecule has 2 heterocycles. The van der Waals surface area contributed by atoms with Crippen LogP contribution in [-0.4, -0.2) is 33.9 Å². The van der Waals surface area contributed by atoms with E-state index in [1.165, 1.54) is 0 Å². The summed E-state index contributed by atoms with van der Waals surface area (Å²) in [5, 5.41) is 16.5. The number of aliphatic carboxylic acids is 1. The molecule has 1 aliphatic rings. The Morgan fingerprint density at radius 1 is 1.62 bits per heavy atom. The van der Waals surface area contributed by atoms with E-state index in [0.29, 0.717) is 12.6 Å². The van der Waals surface area contributed by atoms with Crippen LogP contribution in [0, 0.1) is 5.92 Å². The van der Waals surface area contributed by atoms with E-state index in [-0.39, 0.29) is 11.8 Å². The number of nitrogens with one attached hydrogen (secondary N) is 1. The standard InChI is InChI=1S/C11H17N3O2/c1-7(2)14-6-8(3-13-14)9-4-12-5-10(9)11(15)16/h3,6-7,9-10,12H,4-5H2,1-2H3,(H,15,16). The Labute approximate surface area is 94.5 Å². The summed E-state index contributed by atoms with van der Waals surface area (Å²) in [4.78, 5) is 11.1. The minimum atomic E-state index is -0.729. The number of hydrogen-bond acceptors (Lipinski definition) is 3. The molecule has 0 saturated carbocycles. The molecule has 1 aromatic rings. The maximum absolute atomic E-state index is 11.1. The van der Waals surface area contributed by atoms with Crippen molar-refractivity contribution in [2.75, 3.05) is 13.1 Å². The maximum Gasteiger partial charge on any atom is 0.308 e. The third kappa shape index (κ3) is 1.95. The molecule has 2 atom stereocenters. The molecular formula is C11H17N3O2. The molecule has 0 aromatic carbocycles. The summed E-state index contributed by atoms with van der Waals surface area (Å²) in [5.41, 5.74) is 1.02. The summed E-state index contributed by atoms with van der Waals surface area (Å²) in [7, 11) is 0. The summed E-state index contributed by atoms with van der Waals surface area (Å²) < 4.78 is 1.87. The van der Waals surface area contributed by atoms with Gasteiger partial charge in [-0.3, -0.25) is 9.48 Å². The van der Waals surface area contributed by atoms with E-state index in [2.05, 4.69) is 24.3 Å². The Morgan fingerprint density at radius 3 is 2.94 bits per heavy atom. The van der Waals surface area contributed by atoms with E-state index in [9.17, 15) is 4.79 Å². The Kier molecular flexibility index (Phi) is 2.96. The molecule has 88 valence electrons. The number of aromatic nitrogens is 2. The summed E-state index contributed by atoms with van der Waals surface area (Å²) >= 11 is 0. The molecule has 1 saturated heterocycles. The van der Waals surface area contributed by atoms with E-state index in [0.717, 1.165) is 12.1 Å². The SMILES string of the molecule is CC(C)n1cc(C2CNCC2C(=O)O)cn1. The van der Waals surface area contributed by atoms with Crippen LogP contribution in [0.15, 0.2) is 12.4 Å². The van der Waals surface area contributed by atoms with Crippen molar-refractivity contribution in [3.05, 3.63) is 18.0 Å². The molecule has 5 heteroatoms. The van der Waals surface area contributed by atoms with Crippen molar-refractivity contribution >= 4 is 5.97 Å². The molecule has 2 N–H and O–H groups in total. The maximum atomic E-state index is 11.1. The lowest BCUT2D eigenvalue weighted by atomic mass is 9.91. The van der Waals surface area contributed by atoms with Crippen molar-refractivity contribution in [1.82, 2.24) is 15.1 Å². The van der Waals surface area contributed by atoms with Gasteiger partial charge in [-0.25, -0.2) is 0 Å². The molecule has 16 heavy (non-hydrogen) atoms. The smallest absolute Gasteiger partial charge is 0.308 e.